The number of carboxylic acids is 1. The highest BCUT2D eigenvalue weighted by Crippen LogP contribution is 2.67. The number of hydrogen-bond donors (Lipinski definition) is 2. The average Bonchev–Trinajstić information content (AvgIpc) is 2.60. The number of ether oxygens (including phenoxy) is 2. The predicted octanol–water partition coefficient (Wildman–Crippen LogP) is 1.39. The van der Waals surface area contributed by atoms with E-state index in [9.17, 15) is 14.7 Å². The van der Waals surface area contributed by atoms with Gasteiger partial charge in [0, 0.05) is 18.6 Å². The number of hydrogen-bond acceptors (Lipinski definition) is 4. The van der Waals surface area contributed by atoms with E-state index < -0.39 is 23.1 Å². The number of amides is 1. The van der Waals surface area contributed by atoms with E-state index in [0.29, 0.717) is 19.6 Å². The molecular weight excluding hydrogens is 250 g/mol. The third-order valence-corrected chi connectivity index (χ3v) is 3.98. The van der Waals surface area contributed by atoms with E-state index in [1.54, 1.807) is 20.8 Å². The second kappa shape index (κ2) is 4.37. The van der Waals surface area contributed by atoms with Gasteiger partial charge in [-0.05, 0) is 33.6 Å². The molecule has 6 nitrogen and oxygen atoms in total. The summed E-state index contributed by atoms with van der Waals surface area (Å²) in [6, 6.07) is 0. The van der Waals surface area contributed by atoms with Crippen LogP contribution in [-0.2, 0) is 14.3 Å². The summed E-state index contributed by atoms with van der Waals surface area (Å²) >= 11 is 0. The van der Waals surface area contributed by atoms with Gasteiger partial charge in [0.1, 0.15) is 5.60 Å². The summed E-state index contributed by atoms with van der Waals surface area (Å²) in [6.07, 6.45) is 0.731. The Labute approximate surface area is 112 Å². The Balaban J connectivity index is 1.94. The van der Waals surface area contributed by atoms with Gasteiger partial charge in [-0.3, -0.25) is 4.79 Å². The highest BCUT2D eigenvalue weighted by molar-refractivity contribution is 5.81. The molecule has 2 atom stereocenters. The van der Waals surface area contributed by atoms with Gasteiger partial charge in [-0.2, -0.15) is 0 Å². The quantitative estimate of drug-likeness (QED) is 0.810. The van der Waals surface area contributed by atoms with Crippen molar-refractivity contribution in [1.82, 2.24) is 5.32 Å². The molecule has 2 N–H and O–H groups in total. The van der Waals surface area contributed by atoms with E-state index >= 15 is 0 Å². The molecule has 19 heavy (non-hydrogen) atoms. The molecule has 0 radical (unpaired) electrons. The van der Waals surface area contributed by atoms with Crippen LogP contribution in [0.25, 0.3) is 0 Å². The number of rotatable bonds is 3. The minimum atomic E-state index is -0.888. The zero-order valence-corrected chi connectivity index (χ0v) is 11.6. The lowest BCUT2D eigenvalue weighted by Gasteiger charge is -2.22. The van der Waals surface area contributed by atoms with E-state index in [2.05, 4.69) is 5.32 Å². The Morgan fingerprint density at radius 2 is 2.11 bits per heavy atom. The van der Waals surface area contributed by atoms with E-state index in [1.807, 2.05) is 0 Å². The molecule has 108 valence electrons. The van der Waals surface area contributed by atoms with Gasteiger partial charge < -0.3 is 19.9 Å². The third kappa shape index (κ3) is 2.54. The lowest BCUT2D eigenvalue weighted by atomic mass is 9.92. The maximum Gasteiger partial charge on any atom is 0.407 e. The van der Waals surface area contributed by atoms with Crippen molar-refractivity contribution in [3.05, 3.63) is 0 Å². The first-order chi connectivity index (χ1) is 8.71. The van der Waals surface area contributed by atoms with Gasteiger partial charge in [-0.15, -0.1) is 0 Å². The third-order valence-electron chi connectivity index (χ3n) is 3.98. The second-order valence-corrected chi connectivity index (χ2v) is 6.50. The summed E-state index contributed by atoms with van der Waals surface area (Å²) in [5, 5.41) is 12.0. The van der Waals surface area contributed by atoms with Gasteiger partial charge in [0.2, 0.25) is 0 Å². The lowest BCUT2D eigenvalue weighted by Crippen LogP contribution is -2.40. The van der Waals surface area contributed by atoms with Crippen molar-refractivity contribution in [2.24, 2.45) is 10.8 Å². The number of carbonyl (C=O) groups excluding carboxylic acids is 1. The topological polar surface area (TPSA) is 84.9 Å². The molecular formula is C13H21NO5. The Kier molecular flexibility index (Phi) is 3.24. The fourth-order valence-electron chi connectivity index (χ4n) is 2.82. The zero-order valence-electron chi connectivity index (χ0n) is 11.6. The molecule has 0 bridgehead atoms. The summed E-state index contributed by atoms with van der Waals surface area (Å²) in [5.41, 5.74) is -1.77. The van der Waals surface area contributed by atoms with Crippen molar-refractivity contribution in [1.29, 1.82) is 0 Å². The smallest absolute Gasteiger partial charge is 0.407 e. The largest absolute Gasteiger partial charge is 0.481 e. The fourth-order valence-corrected chi connectivity index (χ4v) is 2.82. The van der Waals surface area contributed by atoms with Gasteiger partial charge >= 0.3 is 12.1 Å². The van der Waals surface area contributed by atoms with E-state index in [-0.39, 0.29) is 12.0 Å². The van der Waals surface area contributed by atoms with Gasteiger partial charge in [0.25, 0.3) is 0 Å². The predicted molar refractivity (Wildman–Crippen MR) is 66.8 cm³/mol. The summed E-state index contributed by atoms with van der Waals surface area (Å²) in [6.45, 7) is 6.46. The van der Waals surface area contributed by atoms with Crippen molar-refractivity contribution in [3.63, 3.8) is 0 Å². The van der Waals surface area contributed by atoms with E-state index in [0.717, 1.165) is 6.42 Å². The monoisotopic (exact) mass is 271 g/mol. The van der Waals surface area contributed by atoms with Crippen molar-refractivity contribution in [3.8, 4) is 0 Å². The lowest BCUT2D eigenvalue weighted by molar-refractivity contribution is -0.144. The Morgan fingerprint density at radius 3 is 2.58 bits per heavy atom. The van der Waals surface area contributed by atoms with Gasteiger partial charge in [-0.25, -0.2) is 4.79 Å². The zero-order chi connectivity index (χ0) is 14.3. The normalized spacial score (nSPS) is 33.2. The molecule has 2 rings (SSSR count). The van der Waals surface area contributed by atoms with Crippen LogP contribution in [-0.4, -0.2) is 42.5 Å². The molecule has 0 aromatic heterocycles. The van der Waals surface area contributed by atoms with Crippen LogP contribution in [0.5, 0.6) is 0 Å². The molecule has 1 saturated heterocycles. The van der Waals surface area contributed by atoms with Crippen LogP contribution in [0.4, 0.5) is 4.79 Å². The summed E-state index contributed by atoms with van der Waals surface area (Å²) < 4.78 is 10.4. The highest BCUT2D eigenvalue weighted by Gasteiger charge is 2.73. The van der Waals surface area contributed by atoms with Crippen LogP contribution < -0.4 is 5.32 Å². The average molecular weight is 271 g/mol. The van der Waals surface area contributed by atoms with Crippen LogP contribution in [0.2, 0.25) is 0 Å². The molecule has 0 unspecified atom stereocenters. The molecule has 6 heteroatoms. The van der Waals surface area contributed by atoms with Crippen LogP contribution in [0.15, 0.2) is 0 Å². The fraction of sp³-hybridized carbons (Fsp3) is 0.846. The molecule has 1 aliphatic heterocycles. The number of carbonyl (C=O) groups is 2. The maximum atomic E-state index is 11.6. The van der Waals surface area contributed by atoms with E-state index in [1.165, 1.54) is 0 Å². The number of nitrogens with one attached hydrogen (secondary N) is 1. The Morgan fingerprint density at radius 1 is 1.42 bits per heavy atom. The Bertz CT molecular complexity index is 394. The van der Waals surface area contributed by atoms with Gasteiger partial charge in [0.05, 0.1) is 12.0 Å². The second-order valence-electron chi connectivity index (χ2n) is 6.50. The molecule has 2 aliphatic rings. The molecule has 1 spiro atoms. The minimum Gasteiger partial charge on any atom is -0.481 e. The molecule has 0 aromatic carbocycles. The van der Waals surface area contributed by atoms with Crippen molar-refractivity contribution in [2.45, 2.75) is 39.2 Å². The standard InChI is InChI=1S/C13H21NO5/c1-11(2,3)19-10(17)14-7-13(9(15)16)6-12(13)4-5-18-8-12/h4-8H2,1-3H3,(H,14,17)(H,15,16)/t12-,13-/m0/s1. The number of alkyl carbamates (subject to hydrolysis) is 1. The van der Waals surface area contributed by atoms with Crippen LogP contribution >= 0.6 is 0 Å². The van der Waals surface area contributed by atoms with Crippen LogP contribution in [0.1, 0.15) is 33.6 Å². The van der Waals surface area contributed by atoms with Gasteiger partial charge in [0.15, 0.2) is 0 Å². The number of aliphatic carboxylic acids is 1. The first-order valence-corrected chi connectivity index (χ1v) is 6.49. The van der Waals surface area contributed by atoms with Crippen LogP contribution in [0, 0.1) is 10.8 Å². The highest BCUT2D eigenvalue weighted by atomic mass is 16.6. The van der Waals surface area contributed by atoms with E-state index in [4.69, 9.17) is 9.47 Å². The summed E-state index contributed by atoms with van der Waals surface area (Å²) in [5.74, 6) is -0.867. The molecule has 1 heterocycles. The Hall–Kier alpha value is -1.30. The van der Waals surface area contributed by atoms with Crippen LogP contribution in [0.3, 0.4) is 0 Å². The molecule has 1 amide bonds. The molecule has 1 aliphatic carbocycles. The molecule has 0 aromatic rings. The maximum absolute atomic E-state index is 11.6. The van der Waals surface area contributed by atoms with Crippen molar-refractivity contribution >= 4 is 12.1 Å². The van der Waals surface area contributed by atoms with Gasteiger partial charge in [-0.1, -0.05) is 0 Å². The first-order valence-electron chi connectivity index (χ1n) is 6.49. The molecule has 2 fully saturated rings. The summed E-state index contributed by atoms with van der Waals surface area (Å²) in [4.78, 5) is 23.1. The first kappa shape index (κ1) is 14.1. The SMILES string of the molecule is CC(C)(C)OC(=O)NC[C@]1(C(=O)O)C[C@]12CCOC2. The van der Waals surface area contributed by atoms with Crippen molar-refractivity contribution < 1.29 is 24.2 Å². The number of carboxylic acid groups (broad SMARTS) is 1. The summed E-state index contributed by atoms with van der Waals surface area (Å²) in [7, 11) is 0. The molecule has 1 saturated carbocycles. The minimum absolute atomic E-state index is 0.0978. The van der Waals surface area contributed by atoms with Crippen molar-refractivity contribution in [2.75, 3.05) is 19.8 Å².